The summed E-state index contributed by atoms with van der Waals surface area (Å²) in [5.41, 5.74) is 0.427. The second-order valence-corrected chi connectivity index (χ2v) is 5.69. The van der Waals surface area contributed by atoms with E-state index in [1.807, 2.05) is 30.3 Å². The number of hydrogen-bond acceptors (Lipinski definition) is 2. The van der Waals surface area contributed by atoms with Gasteiger partial charge in [-0.2, -0.15) is 0 Å². The maximum absolute atomic E-state index is 14.0. The highest BCUT2D eigenvalue weighted by Crippen LogP contribution is 2.24. The van der Waals surface area contributed by atoms with Crippen LogP contribution in [-0.2, 0) is 16.1 Å². The van der Waals surface area contributed by atoms with E-state index in [9.17, 15) is 22.8 Å². The lowest BCUT2D eigenvalue weighted by Crippen LogP contribution is -2.42. The van der Waals surface area contributed by atoms with Crippen LogP contribution >= 0.6 is 0 Å². The van der Waals surface area contributed by atoms with Crippen molar-refractivity contribution in [3.05, 3.63) is 65.5 Å². The number of anilines is 1. The number of carbonyl (C=O) groups excluding carboxylic acids is 2. The first-order chi connectivity index (χ1) is 12.3. The van der Waals surface area contributed by atoms with Gasteiger partial charge < -0.3 is 9.80 Å². The summed E-state index contributed by atoms with van der Waals surface area (Å²) in [4.78, 5) is 26.7. The minimum atomic E-state index is -1.68. The van der Waals surface area contributed by atoms with Gasteiger partial charge in [-0.1, -0.05) is 30.3 Å². The summed E-state index contributed by atoms with van der Waals surface area (Å²) in [5.74, 6) is -5.63. The van der Waals surface area contributed by atoms with Crippen LogP contribution in [0.4, 0.5) is 18.9 Å². The van der Waals surface area contributed by atoms with Crippen molar-refractivity contribution in [2.45, 2.75) is 20.4 Å². The summed E-state index contributed by atoms with van der Waals surface area (Å²) in [6.07, 6.45) is 0. The summed E-state index contributed by atoms with van der Waals surface area (Å²) in [7, 11) is 0. The monoisotopic (exact) mass is 364 g/mol. The van der Waals surface area contributed by atoms with Crippen LogP contribution in [0.3, 0.4) is 0 Å². The van der Waals surface area contributed by atoms with Crippen molar-refractivity contribution in [1.82, 2.24) is 4.90 Å². The number of rotatable bonds is 6. The van der Waals surface area contributed by atoms with Crippen LogP contribution in [0.2, 0.25) is 0 Å². The average molecular weight is 364 g/mol. The van der Waals surface area contributed by atoms with Crippen LogP contribution in [0, 0.1) is 17.5 Å². The molecular weight excluding hydrogens is 345 g/mol. The van der Waals surface area contributed by atoms with E-state index >= 15 is 0 Å². The lowest BCUT2D eigenvalue weighted by molar-refractivity contribution is -0.131. The quantitative estimate of drug-likeness (QED) is 0.736. The van der Waals surface area contributed by atoms with E-state index in [2.05, 4.69) is 0 Å². The molecule has 0 heterocycles. The van der Waals surface area contributed by atoms with E-state index in [4.69, 9.17) is 0 Å². The molecule has 0 bridgehead atoms. The summed E-state index contributed by atoms with van der Waals surface area (Å²) >= 11 is 0. The number of amides is 2. The molecule has 0 saturated carbocycles. The Labute approximate surface area is 149 Å². The van der Waals surface area contributed by atoms with E-state index < -0.39 is 41.5 Å². The Kier molecular flexibility index (Phi) is 6.38. The normalized spacial score (nSPS) is 10.5. The highest BCUT2D eigenvalue weighted by molar-refractivity contribution is 5.97. The molecule has 2 aromatic carbocycles. The molecule has 0 aliphatic rings. The zero-order valence-corrected chi connectivity index (χ0v) is 14.5. The Bertz CT molecular complexity index is 797. The second kappa shape index (κ2) is 8.51. The highest BCUT2D eigenvalue weighted by atomic mass is 19.2. The molecule has 0 aromatic heterocycles. The lowest BCUT2D eigenvalue weighted by Gasteiger charge is -2.26. The number of halogens is 3. The molecule has 0 N–H and O–H groups in total. The first-order valence-electron chi connectivity index (χ1n) is 8.08. The molecule has 0 unspecified atom stereocenters. The van der Waals surface area contributed by atoms with Gasteiger partial charge in [-0.25, -0.2) is 13.2 Å². The fourth-order valence-electron chi connectivity index (χ4n) is 2.51. The highest BCUT2D eigenvalue weighted by Gasteiger charge is 2.25. The number of nitrogens with zero attached hydrogens (tertiary/aromatic N) is 2. The van der Waals surface area contributed by atoms with Crippen molar-refractivity contribution in [2.75, 3.05) is 18.0 Å². The topological polar surface area (TPSA) is 40.6 Å². The molecule has 2 rings (SSSR count). The minimum absolute atomic E-state index is 0.322. The van der Waals surface area contributed by atoms with E-state index in [1.54, 1.807) is 6.92 Å². The second-order valence-electron chi connectivity index (χ2n) is 5.69. The van der Waals surface area contributed by atoms with Gasteiger partial charge in [-0.15, -0.1) is 0 Å². The van der Waals surface area contributed by atoms with Crippen LogP contribution in [0.5, 0.6) is 0 Å². The lowest BCUT2D eigenvalue weighted by atomic mass is 10.2. The summed E-state index contributed by atoms with van der Waals surface area (Å²) in [6.45, 7) is 3.12. The van der Waals surface area contributed by atoms with E-state index in [0.29, 0.717) is 13.1 Å². The van der Waals surface area contributed by atoms with E-state index in [0.717, 1.165) is 29.5 Å². The summed E-state index contributed by atoms with van der Waals surface area (Å²) in [6, 6.07) is 10.9. The predicted molar refractivity (Wildman–Crippen MR) is 91.9 cm³/mol. The molecule has 138 valence electrons. The summed E-state index contributed by atoms with van der Waals surface area (Å²) in [5, 5.41) is 0. The van der Waals surface area contributed by atoms with Crippen molar-refractivity contribution in [2.24, 2.45) is 0 Å². The molecule has 2 aromatic rings. The summed E-state index contributed by atoms with van der Waals surface area (Å²) < 4.78 is 40.6. The van der Waals surface area contributed by atoms with Crippen LogP contribution in [0.15, 0.2) is 42.5 Å². The maximum Gasteiger partial charge on any atom is 0.242 e. The van der Waals surface area contributed by atoms with Gasteiger partial charge in [0.1, 0.15) is 6.54 Å². The third-order valence-corrected chi connectivity index (χ3v) is 3.93. The van der Waals surface area contributed by atoms with Crippen molar-refractivity contribution >= 4 is 17.5 Å². The van der Waals surface area contributed by atoms with Gasteiger partial charge >= 0.3 is 0 Å². The Morgan fingerprint density at radius 1 is 0.962 bits per heavy atom. The Morgan fingerprint density at radius 3 is 2.19 bits per heavy atom. The Morgan fingerprint density at radius 2 is 1.62 bits per heavy atom. The average Bonchev–Trinajstić information content (AvgIpc) is 2.63. The van der Waals surface area contributed by atoms with Gasteiger partial charge in [0.15, 0.2) is 17.5 Å². The van der Waals surface area contributed by atoms with Gasteiger partial charge in [0.05, 0.1) is 5.69 Å². The van der Waals surface area contributed by atoms with E-state index in [1.165, 1.54) is 4.90 Å². The van der Waals surface area contributed by atoms with Crippen LogP contribution in [-0.4, -0.2) is 29.8 Å². The molecule has 4 nitrogen and oxygen atoms in total. The molecule has 0 fully saturated rings. The van der Waals surface area contributed by atoms with Crippen molar-refractivity contribution in [3.63, 3.8) is 0 Å². The van der Waals surface area contributed by atoms with Gasteiger partial charge in [-0.05, 0) is 24.6 Å². The van der Waals surface area contributed by atoms with Crippen molar-refractivity contribution < 1.29 is 22.8 Å². The molecular formula is C19H19F3N2O2. The third kappa shape index (κ3) is 4.41. The van der Waals surface area contributed by atoms with Crippen molar-refractivity contribution in [3.8, 4) is 0 Å². The zero-order valence-electron chi connectivity index (χ0n) is 14.5. The molecule has 0 radical (unpaired) electrons. The standard InChI is InChI=1S/C19H19F3N2O2/c1-3-23(11-14-7-5-4-6-8-14)17(26)12-24(13(2)25)16-10-9-15(20)18(21)19(16)22/h4-10H,3,11-12H2,1-2H3. The first kappa shape index (κ1) is 19.5. The maximum atomic E-state index is 14.0. The fourth-order valence-corrected chi connectivity index (χ4v) is 2.51. The molecule has 0 saturated heterocycles. The minimum Gasteiger partial charge on any atom is -0.337 e. The smallest absolute Gasteiger partial charge is 0.242 e. The SMILES string of the molecule is CCN(Cc1ccccc1)C(=O)CN(C(C)=O)c1ccc(F)c(F)c1F. The zero-order chi connectivity index (χ0) is 19.3. The van der Waals surface area contributed by atoms with Crippen LogP contribution in [0.1, 0.15) is 19.4 Å². The number of benzene rings is 2. The molecule has 0 aliphatic heterocycles. The first-order valence-corrected chi connectivity index (χ1v) is 8.08. The Balaban J connectivity index is 2.22. The molecule has 7 heteroatoms. The van der Waals surface area contributed by atoms with Gasteiger partial charge in [-0.3, -0.25) is 9.59 Å². The van der Waals surface area contributed by atoms with Gasteiger partial charge in [0, 0.05) is 20.0 Å². The molecule has 0 aliphatic carbocycles. The van der Waals surface area contributed by atoms with Gasteiger partial charge in [0.2, 0.25) is 11.8 Å². The van der Waals surface area contributed by atoms with Crippen LogP contribution < -0.4 is 4.90 Å². The van der Waals surface area contributed by atoms with Crippen molar-refractivity contribution in [1.29, 1.82) is 0 Å². The fraction of sp³-hybridized carbons (Fsp3) is 0.263. The van der Waals surface area contributed by atoms with Crippen LogP contribution in [0.25, 0.3) is 0 Å². The number of likely N-dealkylation sites (N-methyl/N-ethyl adjacent to an activating group) is 1. The number of hydrogen-bond donors (Lipinski definition) is 0. The number of carbonyl (C=O) groups is 2. The molecule has 2 amide bonds. The Hall–Kier alpha value is -2.83. The van der Waals surface area contributed by atoms with E-state index in [-0.39, 0.29) is 0 Å². The third-order valence-electron chi connectivity index (χ3n) is 3.93. The molecule has 0 spiro atoms. The molecule has 0 atom stereocenters. The largest absolute Gasteiger partial charge is 0.337 e. The van der Waals surface area contributed by atoms with Gasteiger partial charge in [0.25, 0.3) is 0 Å². The predicted octanol–water partition coefficient (Wildman–Crippen LogP) is 3.51. The molecule has 26 heavy (non-hydrogen) atoms.